The number of nitrogens with one attached hydrogen (secondary N) is 1. The van der Waals surface area contributed by atoms with E-state index in [0.29, 0.717) is 5.02 Å². The van der Waals surface area contributed by atoms with Crippen LogP contribution in [0.1, 0.15) is 17.2 Å². The first-order valence-electron chi connectivity index (χ1n) is 6.45. The normalized spacial score (nSPS) is 12.5. The molecule has 106 valence electrons. The minimum atomic E-state index is -0.228. The van der Waals surface area contributed by atoms with Crippen LogP contribution in [0.3, 0.4) is 0 Å². The molecule has 0 bridgehead atoms. The molecular formula is C16H13BrClN3. The molecule has 2 aromatic carbocycles. The fourth-order valence-corrected chi connectivity index (χ4v) is 3.08. The molecule has 1 aromatic heterocycles. The third-order valence-electron chi connectivity index (χ3n) is 3.47. The van der Waals surface area contributed by atoms with Crippen LogP contribution in [0, 0.1) is 0 Å². The van der Waals surface area contributed by atoms with Crippen molar-refractivity contribution >= 4 is 38.3 Å². The van der Waals surface area contributed by atoms with E-state index in [9.17, 15) is 0 Å². The lowest BCUT2D eigenvalue weighted by molar-refractivity contribution is 0.639. The SMILES string of the molecule is NNC(c1cccc(Br)c1Cl)c1cncc2ccccc12. The molecule has 21 heavy (non-hydrogen) atoms. The van der Waals surface area contributed by atoms with Gasteiger partial charge in [0, 0.05) is 27.8 Å². The van der Waals surface area contributed by atoms with Crippen molar-refractivity contribution in [1.82, 2.24) is 10.4 Å². The van der Waals surface area contributed by atoms with Crippen molar-refractivity contribution in [3.63, 3.8) is 0 Å². The van der Waals surface area contributed by atoms with E-state index in [1.807, 2.05) is 48.8 Å². The van der Waals surface area contributed by atoms with Gasteiger partial charge < -0.3 is 0 Å². The van der Waals surface area contributed by atoms with Gasteiger partial charge in [-0.2, -0.15) is 0 Å². The molecule has 1 heterocycles. The van der Waals surface area contributed by atoms with Crippen molar-refractivity contribution in [3.8, 4) is 0 Å². The second-order valence-electron chi connectivity index (χ2n) is 4.69. The molecule has 0 fully saturated rings. The number of fused-ring (bicyclic) bond motifs is 1. The number of hydrogen-bond donors (Lipinski definition) is 2. The standard InChI is InChI=1S/C16H13BrClN3/c17-14-7-3-6-12(15(14)18)16(21-19)13-9-20-8-10-4-1-2-5-11(10)13/h1-9,16,21H,19H2. The van der Waals surface area contributed by atoms with Gasteiger partial charge in [0.15, 0.2) is 0 Å². The van der Waals surface area contributed by atoms with E-state index >= 15 is 0 Å². The van der Waals surface area contributed by atoms with E-state index in [-0.39, 0.29) is 6.04 Å². The van der Waals surface area contributed by atoms with Crippen molar-refractivity contribution < 1.29 is 0 Å². The predicted molar refractivity (Wildman–Crippen MR) is 90.1 cm³/mol. The topological polar surface area (TPSA) is 50.9 Å². The molecule has 0 spiro atoms. The van der Waals surface area contributed by atoms with Crippen molar-refractivity contribution in [2.45, 2.75) is 6.04 Å². The summed E-state index contributed by atoms with van der Waals surface area (Å²) in [5.41, 5.74) is 4.75. The highest BCUT2D eigenvalue weighted by Crippen LogP contribution is 2.35. The molecule has 3 nitrogen and oxygen atoms in total. The molecule has 1 unspecified atom stereocenters. The Morgan fingerprint density at radius 3 is 2.67 bits per heavy atom. The molecule has 0 aliphatic carbocycles. The number of pyridine rings is 1. The lowest BCUT2D eigenvalue weighted by Crippen LogP contribution is -2.29. The maximum absolute atomic E-state index is 6.40. The minimum Gasteiger partial charge on any atom is -0.271 e. The van der Waals surface area contributed by atoms with Gasteiger partial charge in [0.25, 0.3) is 0 Å². The van der Waals surface area contributed by atoms with Gasteiger partial charge in [-0.3, -0.25) is 10.8 Å². The maximum atomic E-state index is 6.40. The summed E-state index contributed by atoms with van der Waals surface area (Å²) in [5, 5.41) is 2.82. The molecule has 0 amide bonds. The van der Waals surface area contributed by atoms with Crippen LogP contribution in [0.15, 0.2) is 59.3 Å². The number of hydrogen-bond acceptors (Lipinski definition) is 3. The van der Waals surface area contributed by atoms with Gasteiger partial charge in [0.2, 0.25) is 0 Å². The van der Waals surface area contributed by atoms with Gasteiger partial charge in [-0.1, -0.05) is 48.0 Å². The van der Waals surface area contributed by atoms with E-state index < -0.39 is 0 Å². The van der Waals surface area contributed by atoms with Crippen LogP contribution >= 0.6 is 27.5 Å². The third-order valence-corrected chi connectivity index (χ3v) is 4.78. The van der Waals surface area contributed by atoms with E-state index in [1.54, 1.807) is 0 Å². The highest BCUT2D eigenvalue weighted by Gasteiger charge is 2.19. The number of aromatic nitrogens is 1. The molecule has 1 atom stereocenters. The third kappa shape index (κ3) is 2.68. The lowest BCUT2D eigenvalue weighted by atomic mass is 9.96. The Kier molecular flexibility index (Phi) is 4.22. The zero-order valence-electron chi connectivity index (χ0n) is 11.1. The van der Waals surface area contributed by atoms with Crippen molar-refractivity contribution in [2.24, 2.45) is 5.84 Å². The van der Waals surface area contributed by atoms with Gasteiger partial charge in [-0.15, -0.1) is 0 Å². The van der Waals surface area contributed by atoms with E-state index in [2.05, 4.69) is 32.4 Å². The van der Waals surface area contributed by atoms with Gasteiger partial charge in [0.05, 0.1) is 11.1 Å². The first-order valence-corrected chi connectivity index (χ1v) is 7.62. The lowest BCUT2D eigenvalue weighted by Gasteiger charge is -2.20. The largest absolute Gasteiger partial charge is 0.271 e. The van der Waals surface area contributed by atoms with Gasteiger partial charge in [-0.05, 0) is 32.9 Å². The van der Waals surface area contributed by atoms with Crippen LogP contribution in [0.5, 0.6) is 0 Å². The Hall–Kier alpha value is -1.46. The van der Waals surface area contributed by atoms with Gasteiger partial charge in [0.1, 0.15) is 0 Å². The van der Waals surface area contributed by atoms with Crippen molar-refractivity contribution in [3.05, 3.63) is 75.5 Å². The summed E-state index contributed by atoms with van der Waals surface area (Å²) in [6.45, 7) is 0. The monoisotopic (exact) mass is 361 g/mol. The number of rotatable bonds is 3. The molecule has 5 heteroatoms. The molecular weight excluding hydrogens is 350 g/mol. The molecule has 3 rings (SSSR count). The highest BCUT2D eigenvalue weighted by molar-refractivity contribution is 9.10. The maximum Gasteiger partial charge on any atom is 0.0745 e. The second-order valence-corrected chi connectivity index (χ2v) is 5.92. The van der Waals surface area contributed by atoms with Gasteiger partial charge >= 0.3 is 0 Å². The number of hydrazine groups is 1. The van der Waals surface area contributed by atoms with E-state index in [4.69, 9.17) is 17.4 Å². The Labute approximate surface area is 136 Å². The summed E-state index contributed by atoms with van der Waals surface area (Å²) >= 11 is 9.85. The summed E-state index contributed by atoms with van der Waals surface area (Å²) in [7, 11) is 0. The average Bonchev–Trinajstić information content (AvgIpc) is 2.52. The van der Waals surface area contributed by atoms with Crippen LogP contribution in [-0.4, -0.2) is 4.98 Å². The quantitative estimate of drug-likeness (QED) is 0.542. The zero-order valence-corrected chi connectivity index (χ0v) is 13.4. The fourth-order valence-electron chi connectivity index (χ4n) is 2.46. The number of benzene rings is 2. The molecule has 0 saturated heterocycles. The van der Waals surface area contributed by atoms with Crippen LogP contribution in [0.2, 0.25) is 5.02 Å². The van der Waals surface area contributed by atoms with E-state index in [0.717, 1.165) is 26.4 Å². The molecule has 0 aliphatic rings. The zero-order chi connectivity index (χ0) is 14.8. The Balaban J connectivity index is 2.21. The summed E-state index contributed by atoms with van der Waals surface area (Å²) < 4.78 is 0.843. The highest BCUT2D eigenvalue weighted by atomic mass is 79.9. The molecule has 0 aliphatic heterocycles. The minimum absolute atomic E-state index is 0.228. The first-order chi connectivity index (χ1) is 10.2. The molecule has 0 radical (unpaired) electrons. The molecule has 3 aromatic rings. The average molecular weight is 363 g/mol. The molecule has 3 N–H and O–H groups in total. The van der Waals surface area contributed by atoms with Crippen LogP contribution in [-0.2, 0) is 0 Å². The Bertz CT molecular complexity index is 786. The van der Waals surface area contributed by atoms with Crippen LogP contribution < -0.4 is 11.3 Å². The fraction of sp³-hybridized carbons (Fsp3) is 0.0625. The van der Waals surface area contributed by atoms with Gasteiger partial charge in [-0.25, -0.2) is 5.43 Å². The predicted octanol–water partition coefficient (Wildman–Crippen LogP) is 4.20. The van der Waals surface area contributed by atoms with Crippen molar-refractivity contribution in [2.75, 3.05) is 0 Å². The number of halogens is 2. The smallest absolute Gasteiger partial charge is 0.0745 e. The number of nitrogens with two attached hydrogens (primary N) is 1. The summed E-state index contributed by atoms with van der Waals surface area (Å²) in [6, 6.07) is 13.7. The summed E-state index contributed by atoms with van der Waals surface area (Å²) in [4.78, 5) is 4.31. The van der Waals surface area contributed by atoms with Crippen LogP contribution in [0.25, 0.3) is 10.8 Å². The van der Waals surface area contributed by atoms with Crippen LogP contribution in [0.4, 0.5) is 0 Å². The Morgan fingerprint density at radius 2 is 1.86 bits per heavy atom. The molecule has 0 saturated carbocycles. The second kappa shape index (κ2) is 6.12. The van der Waals surface area contributed by atoms with Crippen molar-refractivity contribution in [1.29, 1.82) is 0 Å². The number of nitrogens with zero attached hydrogens (tertiary/aromatic N) is 1. The summed E-state index contributed by atoms with van der Waals surface area (Å²) in [6.07, 6.45) is 3.67. The Morgan fingerprint density at radius 1 is 1.05 bits per heavy atom. The van der Waals surface area contributed by atoms with E-state index in [1.165, 1.54) is 0 Å². The first kappa shape index (κ1) is 14.5. The summed E-state index contributed by atoms with van der Waals surface area (Å²) in [5.74, 6) is 5.80.